The van der Waals surface area contributed by atoms with E-state index in [9.17, 15) is 9.18 Å². The van der Waals surface area contributed by atoms with E-state index < -0.39 is 0 Å². The monoisotopic (exact) mass is 412 g/mol. The summed E-state index contributed by atoms with van der Waals surface area (Å²) in [6.45, 7) is 3.75. The van der Waals surface area contributed by atoms with Gasteiger partial charge in [0.2, 0.25) is 5.91 Å². The maximum atomic E-state index is 13.3. The topological polar surface area (TPSA) is 23.6 Å². The van der Waals surface area contributed by atoms with Crippen LogP contribution in [0.3, 0.4) is 0 Å². The Kier molecular flexibility index (Phi) is 5.44. The number of thiophene rings is 1. The maximum absolute atomic E-state index is 13.3. The van der Waals surface area contributed by atoms with Crippen molar-refractivity contribution < 1.29 is 9.18 Å². The minimum atomic E-state index is -0.179. The van der Waals surface area contributed by atoms with Gasteiger partial charge in [-0.25, -0.2) is 4.39 Å². The molecule has 3 nitrogen and oxygen atoms in total. The van der Waals surface area contributed by atoms with Crippen molar-refractivity contribution in [1.82, 2.24) is 9.80 Å². The number of fused-ring (bicyclic) bond motifs is 1. The lowest BCUT2D eigenvalue weighted by Gasteiger charge is -2.39. The summed E-state index contributed by atoms with van der Waals surface area (Å²) in [6.07, 6.45) is 5.61. The normalized spacial score (nSPS) is 28.0. The molecule has 0 bridgehead atoms. The molecule has 0 N–H and O–H groups in total. The Balaban J connectivity index is 1.34. The molecule has 1 aromatic heterocycles. The summed E-state index contributed by atoms with van der Waals surface area (Å²) in [6, 6.07) is 9.50. The first-order valence-electron chi connectivity index (χ1n) is 11.0. The number of hydrogen-bond acceptors (Lipinski definition) is 3. The van der Waals surface area contributed by atoms with Gasteiger partial charge in [-0.05, 0) is 59.3 Å². The summed E-state index contributed by atoms with van der Waals surface area (Å²) in [5.41, 5.74) is 2.56. The fraction of sp³-hybridized carbons (Fsp3) is 0.542. The number of carbonyl (C=O) groups is 1. The Morgan fingerprint density at radius 1 is 1.07 bits per heavy atom. The summed E-state index contributed by atoms with van der Waals surface area (Å²) in [5, 5.41) is 4.43. The molecule has 3 heterocycles. The van der Waals surface area contributed by atoms with E-state index >= 15 is 0 Å². The summed E-state index contributed by atoms with van der Waals surface area (Å²) in [7, 11) is 0. The Labute approximate surface area is 176 Å². The molecule has 3 aliphatic rings. The molecule has 2 aliphatic heterocycles. The van der Waals surface area contributed by atoms with Crippen LogP contribution in [-0.4, -0.2) is 41.4 Å². The standard InChI is InChI=1S/C24H29FN2OS/c25-20-7-5-17(6-8-20)13-26-11-9-23-22(14-26)21(19-10-12-29-16-19)15-27(23)24(28)18-3-1-2-4-18/h5-8,10,12,16,18,21-23H,1-4,9,11,13-15H2/t21-,22-,23-/m0/s1. The van der Waals surface area contributed by atoms with Gasteiger partial charge >= 0.3 is 0 Å². The molecule has 0 radical (unpaired) electrons. The van der Waals surface area contributed by atoms with Crippen LogP contribution >= 0.6 is 11.3 Å². The van der Waals surface area contributed by atoms with E-state index in [1.165, 1.54) is 18.4 Å². The molecule has 1 aliphatic carbocycles. The van der Waals surface area contributed by atoms with Gasteiger partial charge in [-0.1, -0.05) is 25.0 Å². The molecule has 2 aromatic rings. The average Bonchev–Trinajstić information content (AvgIpc) is 3.49. The predicted molar refractivity (Wildman–Crippen MR) is 114 cm³/mol. The van der Waals surface area contributed by atoms with E-state index in [0.717, 1.165) is 51.0 Å². The molecule has 0 unspecified atom stereocenters. The zero-order valence-corrected chi connectivity index (χ0v) is 17.6. The maximum Gasteiger partial charge on any atom is 0.225 e. The van der Waals surface area contributed by atoms with Crippen LogP contribution in [0.5, 0.6) is 0 Å². The van der Waals surface area contributed by atoms with Gasteiger partial charge in [0.15, 0.2) is 0 Å². The zero-order valence-electron chi connectivity index (χ0n) is 16.8. The highest BCUT2D eigenvalue weighted by Gasteiger charge is 2.48. The van der Waals surface area contributed by atoms with Crippen molar-refractivity contribution >= 4 is 17.2 Å². The molecule has 5 heteroatoms. The molecule has 1 aromatic carbocycles. The minimum Gasteiger partial charge on any atom is -0.338 e. The van der Waals surface area contributed by atoms with Crippen molar-refractivity contribution in [3.63, 3.8) is 0 Å². The highest BCUT2D eigenvalue weighted by molar-refractivity contribution is 7.08. The second kappa shape index (κ2) is 8.19. The number of benzene rings is 1. The van der Waals surface area contributed by atoms with E-state index in [-0.39, 0.29) is 11.7 Å². The molecule has 1 amide bonds. The van der Waals surface area contributed by atoms with Crippen molar-refractivity contribution in [3.05, 3.63) is 58.0 Å². The van der Waals surface area contributed by atoms with Gasteiger partial charge in [0.05, 0.1) is 0 Å². The van der Waals surface area contributed by atoms with Gasteiger partial charge in [-0.15, -0.1) is 0 Å². The van der Waals surface area contributed by atoms with Gasteiger partial charge < -0.3 is 4.90 Å². The van der Waals surface area contributed by atoms with Crippen molar-refractivity contribution in [2.75, 3.05) is 19.6 Å². The Morgan fingerprint density at radius 2 is 1.86 bits per heavy atom. The molecule has 1 saturated carbocycles. The molecule has 0 spiro atoms. The summed E-state index contributed by atoms with van der Waals surface area (Å²) in [4.78, 5) is 18.1. The first kappa shape index (κ1) is 19.3. The number of amides is 1. The van der Waals surface area contributed by atoms with Crippen LogP contribution in [0, 0.1) is 17.7 Å². The molecule has 2 saturated heterocycles. The summed E-state index contributed by atoms with van der Waals surface area (Å²) < 4.78 is 13.2. The number of piperidine rings is 1. The van der Waals surface area contributed by atoms with E-state index in [2.05, 4.69) is 26.6 Å². The number of likely N-dealkylation sites (tertiary alicyclic amines) is 2. The predicted octanol–water partition coefficient (Wildman–Crippen LogP) is 4.89. The lowest BCUT2D eigenvalue weighted by Crippen LogP contribution is -2.48. The highest BCUT2D eigenvalue weighted by Crippen LogP contribution is 2.43. The van der Waals surface area contributed by atoms with E-state index in [1.54, 1.807) is 23.5 Å². The lowest BCUT2D eigenvalue weighted by molar-refractivity contribution is -0.137. The lowest BCUT2D eigenvalue weighted by atomic mass is 9.82. The largest absolute Gasteiger partial charge is 0.338 e. The number of halogens is 1. The van der Waals surface area contributed by atoms with E-state index in [0.29, 0.717) is 23.8 Å². The van der Waals surface area contributed by atoms with Gasteiger partial charge in [0.25, 0.3) is 0 Å². The summed E-state index contributed by atoms with van der Waals surface area (Å²) >= 11 is 1.75. The molecular formula is C24H29FN2OS. The first-order valence-corrected chi connectivity index (χ1v) is 11.9. The van der Waals surface area contributed by atoms with Gasteiger partial charge in [0.1, 0.15) is 5.82 Å². The van der Waals surface area contributed by atoms with Crippen molar-refractivity contribution in [2.45, 2.75) is 50.6 Å². The molecular weight excluding hydrogens is 383 g/mol. The summed E-state index contributed by atoms with van der Waals surface area (Å²) in [5.74, 6) is 1.43. The average molecular weight is 413 g/mol. The molecule has 3 fully saturated rings. The van der Waals surface area contributed by atoms with Crippen LogP contribution in [0.4, 0.5) is 4.39 Å². The Bertz CT molecular complexity index is 831. The second-order valence-corrected chi connectivity index (χ2v) is 9.80. The zero-order chi connectivity index (χ0) is 19.8. The Morgan fingerprint density at radius 3 is 2.59 bits per heavy atom. The van der Waals surface area contributed by atoms with Crippen LogP contribution in [0.2, 0.25) is 0 Å². The van der Waals surface area contributed by atoms with Crippen LogP contribution in [0.25, 0.3) is 0 Å². The third-order valence-corrected chi connectivity index (χ3v) is 7.99. The van der Waals surface area contributed by atoms with Crippen molar-refractivity contribution in [3.8, 4) is 0 Å². The minimum absolute atomic E-state index is 0.179. The quantitative estimate of drug-likeness (QED) is 0.714. The number of hydrogen-bond donors (Lipinski definition) is 0. The molecule has 29 heavy (non-hydrogen) atoms. The molecule has 3 atom stereocenters. The van der Waals surface area contributed by atoms with Gasteiger partial charge in [-0.2, -0.15) is 11.3 Å². The third-order valence-electron chi connectivity index (χ3n) is 7.29. The van der Waals surface area contributed by atoms with Gasteiger partial charge in [-0.3, -0.25) is 9.69 Å². The highest BCUT2D eigenvalue weighted by atomic mass is 32.1. The molecule has 5 rings (SSSR count). The molecule has 154 valence electrons. The SMILES string of the molecule is O=C(C1CCCC1)N1C[C@@H](c2ccsc2)[C@@H]2CN(Cc3ccc(F)cc3)CC[C@@H]21. The van der Waals surface area contributed by atoms with Crippen LogP contribution in [-0.2, 0) is 11.3 Å². The number of carbonyl (C=O) groups excluding carboxylic acids is 1. The van der Waals surface area contributed by atoms with E-state index in [4.69, 9.17) is 0 Å². The third kappa shape index (κ3) is 3.87. The smallest absolute Gasteiger partial charge is 0.225 e. The van der Waals surface area contributed by atoms with Crippen LogP contribution in [0.1, 0.15) is 49.1 Å². The van der Waals surface area contributed by atoms with Crippen molar-refractivity contribution in [1.29, 1.82) is 0 Å². The van der Waals surface area contributed by atoms with E-state index in [1.807, 2.05) is 12.1 Å². The number of rotatable bonds is 4. The Hall–Kier alpha value is -1.72. The van der Waals surface area contributed by atoms with Crippen LogP contribution < -0.4 is 0 Å². The first-order chi connectivity index (χ1) is 14.2. The second-order valence-electron chi connectivity index (χ2n) is 9.02. The van der Waals surface area contributed by atoms with Crippen molar-refractivity contribution in [2.24, 2.45) is 11.8 Å². The fourth-order valence-electron chi connectivity index (χ4n) is 5.80. The number of nitrogens with zero attached hydrogens (tertiary/aromatic N) is 2. The fourth-order valence-corrected chi connectivity index (χ4v) is 6.52. The van der Waals surface area contributed by atoms with Crippen LogP contribution in [0.15, 0.2) is 41.1 Å². The van der Waals surface area contributed by atoms with Gasteiger partial charge in [0, 0.05) is 50.0 Å².